The molecule has 1 aromatic carbocycles. The van der Waals surface area contributed by atoms with Crippen LogP contribution < -0.4 is 10.6 Å². The van der Waals surface area contributed by atoms with Crippen molar-refractivity contribution in [3.63, 3.8) is 0 Å². The van der Waals surface area contributed by atoms with Gasteiger partial charge in [0.05, 0.1) is 11.5 Å². The Kier molecular flexibility index (Phi) is 9.68. The Morgan fingerprint density at radius 2 is 2.19 bits per heavy atom. The summed E-state index contributed by atoms with van der Waals surface area (Å²) in [6, 6.07) is 4.76. The average molecular weight is 490 g/mol. The van der Waals surface area contributed by atoms with Crippen molar-refractivity contribution in [2.75, 3.05) is 19.6 Å². The number of hydrogen-bond acceptors (Lipinski definition) is 4. The maximum Gasteiger partial charge on any atom is 0.306 e. The summed E-state index contributed by atoms with van der Waals surface area (Å²) < 4.78 is 14.6. The van der Waals surface area contributed by atoms with Crippen molar-refractivity contribution in [3.8, 4) is 0 Å². The zero-order valence-electron chi connectivity index (χ0n) is 15.3. The number of guanidine groups is 1. The molecule has 10 heteroatoms. The third-order valence-electron chi connectivity index (χ3n) is 3.76. The molecule has 148 valence electrons. The van der Waals surface area contributed by atoms with E-state index in [0.717, 1.165) is 11.1 Å². The van der Waals surface area contributed by atoms with Crippen molar-refractivity contribution in [1.82, 2.24) is 20.4 Å². The standard InChI is InChI=1S/C17H23FN6O2.HI/c1-3-19-17(20-7-6-14-4-5-15(18)10-13(14)2)21-8-9-23-12-16(11-22-23)24(25)26;/h4-5,10-12H,3,6-9H2,1-2H3,(H2,19,20,21);1H. The van der Waals surface area contributed by atoms with Gasteiger partial charge in [-0.1, -0.05) is 6.07 Å². The van der Waals surface area contributed by atoms with Crippen LogP contribution in [0.2, 0.25) is 0 Å². The Morgan fingerprint density at radius 3 is 2.81 bits per heavy atom. The Morgan fingerprint density at radius 1 is 1.41 bits per heavy atom. The van der Waals surface area contributed by atoms with Crippen molar-refractivity contribution in [3.05, 3.63) is 57.7 Å². The lowest BCUT2D eigenvalue weighted by atomic mass is 10.1. The monoisotopic (exact) mass is 490 g/mol. The number of nitrogens with one attached hydrogen (secondary N) is 2. The number of halogens is 2. The Balaban J connectivity index is 0.00000364. The van der Waals surface area contributed by atoms with Gasteiger partial charge in [0, 0.05) is 19.6 Å². The number of benzene rings is 1. The van der Waals surface area contributed by atoms with Gasteiger partial charge in [0.1, 0.15) is 18.2 Å². The number of aliphatic imine (C=N–C) groups is 1. The smallest absolute Gasteiger partial charge is 0.306 e. The van der Waals surface area contributed by atoms with Gasteiger partial charge in [0.2, 0.25) is 0 Å². The minimum Gasteiger partial charge on any atom is -0.357 e. The highest BCUT2D eigenvalue weighted by Crippen LogP contribution is 2.10. The quantitative estimate of drug-likeness (QED) is 0.195. The summed E-state index contributed by atoms with van der Waals surface area (Å²) in [7, 11) is 0. The van der Waals surface area contributed by atoms with Crippen molar-refractivity contribution >= 4 is 35.6 Å². The molecular formula is C17H24FIN6O2. The normalized spacial score (nSPS) is 11.0. The number of nitro groups is 1. The van der Waals surface area contributed by atoms with Gasteiger partial charge in [-0.2, -0.15) is 5.10 Å². The van der Waals surface area contributed by atoms with E-state index in [1.165, 1.54) is 29.2 Å². The van der Waals surface area contributed by atoms with E-state index in [1.807, 2.05) is 13.8 Å². The van der Waals surface area contributed by atoms with Crippen LogP contribution in [0.25, 0.3) is 0 Å². The minimum atomic E-state index is -0.472. The molecule has 0 aliphatic carbocycles. The summed E-state index contributed by atoms with van der Waals surface area (Å²) >= 11 is 0. The molecule has 0 unspecified atom stereocenters. The minimum absolute atomic E-state index is 0. The third-order valence-corrected chi connectivity index (χ3v) is 3.76. The molecule has 2 aromatic rings. The van der Waals surface area contributed by atoms with Gasteiger partial charge in [-0.3, -0.25) is 19.8 Å². The fourth-order valence-corrected chi connectivity index (χ4v) is 2.43. The lowest BCUT2D eigenvalue weighted by Gasteiger charge is -2.11. The van der Waals surface area contributed by atoms with Crippen molar-refractivity contribution in [2.45, 2.75) is 26.8 Å². The van der Waals surface area contributed by atoms with Crippen LogP contribution in [0.3, 0.4) is 0 Å². The fraction of sp³-hybridized carbons (Fsp3) is 0.412. The second-order valence-corrected chi connectivity index (χ2v) is 5.73. The van der Waals surface area contributed by atoms with Gasteiger partial charge in [0.15, 0.2) is 5.96 Å². The molecule has 0 aliphatic heterocycles. The van der Waals surface area contributed by atoms with E-state index in [0.29, 0.717) is 38.6 Å². The second kappa shape index (κ2) is 11.5. The molecule has 0 atom stereocenters. The molecule has 1 aromatic heterocycles. The molecule has 0 fully saturated rings. The highest BCUT2D eigenvalue weighted by Gasteiger charge is 2.08. The average Bonchev–Trinajstić information content (AvgIpc) is 3.06. The van der Waals surface area contributed by atoms with Gasteiger partial charge in [-0.25, -0.2) is 4.39 Å². The molecule has 27 heavy (non-hydrogen) atoms. The van der Waals surface area contributed by atoms with Crippen LogP contribution in [0.4, 0.5) is 10.1 Å². The molecule has 1 heterocycles. The maximum absolute atomic E-state index is 13.1. The molecule has 0 bridgehead atoms. The van der Waals surface area contributed by atoms with E-state index in [9.17, 15) is 14.5 Å². The number of aromatic nitrogens is 2. The van der Waals surface area contributed by atoms with E-state index >= 15 is 0 Å². The van der Waals surface area contributed by atoms with Gasteiger partial charge in [-0.15, -0.1) is 24.0 Å². The molecular weight excluding hydrogens is 466 g/mol. The predicted molar refractivity (Wildman–Crippen MR) is 113 cm³/mol. The van der Waals surface area contributed by atoms with Crippen LogP contribution in [0.1, 0.15) is 18.1 Å². The van der Waals surface area contributed by atoms with Crippen LogP contribution in [-0.2, 0) is 13.0 Å². The Bertz CT molecular complexity index is 781. The van der Waals surface area contributed by atoms with E-state index in [4.69, 9.17) is 0 Å². The Labute approximate surface area is 174 Å². The number of nitrogens with zero attached hydrogens (tertiary/aromatic N) is 4. The highest BCUT2D eigenvalue weighted by atomic mass is 127. The van der Waals surface area contributed by atoms with Gasteiger partial charge in [-0.05, 0) is 43.5 Å². The molecule has 0 saturated heterocycles. The van der Waals surface area contributed by atoms with Crippen LogP contribution >= 0.6 is 24.0 Å². The molecule has 0 radical (unpaired) electrons. The van der Waals surface area contributed by atoms with E-state index < -0.39 is 4.92 Å². The van der Waals surface area contributed by atoms with Gasteiger partial charge >= 0.3 is 5.69 Å². The van der Waals surface area contributed by atoms with E-state index in [1.54, 1.807) is 6.07 Å². The molecule has 0 saturated carbocycles. The first-order valence-corrected chi connectivity index (χ1v) is 8.43. The van der Waals surface area contributed by atoms with E-state index in [2.05, 4.69) is 20.7 Å². The molecule has 8 nitrogen and oxygen atoms in total. The van der Waals surface area contributed by atoms with Gasteiger partial charge < -0.3 is 10.6 Å². The predicted octanol–water partition coefficient (Wildman–Crippen LogP) is 2.65. The van der Waals surface area contributed by atoms with E-state index in [-0.39, 0.29) is 35.5 Å². The zero-order valence-corrected chi connectivity index (χ0v) is 17.6. The molecule has 0 amide bonds. The van der Waals surface area contributed by atoms with Crippen molar-refractivity contribution < 1.29 is 9.31 Å². The third kappa shape index (κ3) is 7.49. The zero-order chi connectivity index (χ0) is 18.9. The molecule has 2 N–H and O–H groups in total. The van der Waals surface area contributed by atoms with Crippen LogP contribution in [0.15, 0.2) is 35.6 Å². The van der Waals surface area contributed by atoms with Crippen molar-refractivity contribution in [2.24, 2.45) is 4.99 Å². The van der Waals surface area contributed by atoms with Crippen LogP contribution in [0, 0.1) is 22.9 Å². The first-order valence-electron chi connectivity index (χ1n) is 8.43. The SMILES string of the molecule is CCNC(=NCCc1ccc(F)cc1C)NCCn1cc([N+](=O)[O-])cn1.I. The summed E-state index contributed by atoms with van der Waals surface area (Å²) in [4.78, 5) is 14.7. The first-order chi connectivity index (χ1) is 12.5. The summed E-state index contributed by atoms with van der Waals surface area (Å²) in [5.41, 5.74) is 1.95. The maximum atomic E-state index is 13.1. The number of rotatable bonds is 8. The highest BCUT2D eigenvalue weighted by molar-refractivity contribution is 14.0. The summed E-state index contributed by atoms with van der Waals surface area (Å²) in [5.74, 6) is 0.428. The van der Waals surface area contributed by atoms with Gasteiger partial charge in [0.25, 0.3) is 0 Å². The van der Waals surface area contributed by atoms with Crippen LogP contribution in [-0.4, -0.2) is 40.3 Å². The summed E-state index contributed by atoms with van der Waals surface area (Å²) in [6.07, 6.45) is 3.33. The number of aryl methyl sites for hydroxylation is 1. The van der Waals surface area contributed by atoms with Crippen molar-refractivity contribution in [1.29, 1.82) is 0 Å². The molecule has 0 spiro atoms. The topological polar surface area (TPSA) is 97.4 Å². The first kappa shape index (κ1) is 22.8. The second-order valence-electron chi connectivity index (χ2n) is 5.73. The Hall–Kier alpha value is -2.24. The largest absolute Gasteiger partial charge is 0.357 e. The summed E-state index contributed by atoms with van der Waals surface area (Å²) in [5, 5.41) is 20.9. The molecule has 2 rings (SSSR count). The van der Waals surface area contributed by atoms with Crippen LogP contribution in [0.5, 0.6) is 0 Å². The lowest BCUT2D eigenvalue weighted by Crippen LogP contribution is -2.39. The lowest BCUT2D eigenvalue weighted by molar-refractivity contribution is -0.385. The fourth-order valence-electron chi connectivity index (χ4n) is 2.43. The summed E-state index contributed by atoms with van der Waals surface area (Å²) in [6.45, 7) is 6.15. The number of hydrogen-bond donors (Lipinski definition) is 2. The molecule has 0 aliphatic rings.